The molecule has 0 unspecified atom stereocenters. The minimum absolute atomic E-state index is 0.512. The predicted molar refractivity (Wildman–Crippen MR) is 123 cm³/mol. The average molecular weight is 435 g/mol. The van der Waals surface area contributed by atoms with Crippen molar-refractivity contribution in [1.29, 1.82) is 0 Å². The number of halogens is 1. The number of aryl methyl sites for hydroxylation is 1. The number of anilines is 3. The largest absolute Gasteiger partial charge is 0.381 e. The zero-order chi connectivity index (χ0) is 21.2. The molecule has 0 amide bonds. The van der Waals surface area contributed by atoms with Crippen molar-refractivity contribution >= 4 is 40.2 Å². The highest BCUT2D eigenvalue weighted by Crippen LogP contribution is 2.24. The van der Waals surface area contributed by atoms with E-state index in [0.717, 1.165) is 47.9 Å². The van der Waals surface area contributed by atoms with Gasteiger partial charge in [-0.3, -0.25) is 0 Å². The van der Waals surface area contributed by atoms with E-state index in [0.29, 0.717) is 23.4 Å². The maximum atomic E-state index is 5.82. The molecule has 8 heteroatoms. The van der Waals surface area contributed by atoms with Crippen LogP contribution in [0.1, 0.15) is 11.1 Å². The number of benzene rings is 2. The summed E-state index contributed by atoms with van der Waals surface area (Å²) in [7, 11) is 2.05. The third-order valence-electron chi connectivity index (χ3n) is 5.46. The normalized spacial score (nSPS) is 13.9. The van der Waals surface area contributed by atoms with E-state index >= 15 is 0 Å². The van der Waals surface area contributed by atoms with Gasteiger partial charge in [-0.25, -0.2) is 15.0 Å². The van der Waals surface area contributed by atoms with E-state index < -0.39 is 0 Å². The van der Waals surface area contributed by atoms with Gasteiger partial charge < -0.3 is 19.9 Å². The van der Waals surface area contributed by atoms with Crippen molar-refractivity contribution in [2.45, 2.75) is 13.0 Å². The third-order valence-corrected chi connectivity index (χ3v) is 5.65. The number of nitrogens with one attached hydrogen (secondary N) is 2. The molecular weight excluding hydrogens is 412 g/mol. The Labute approximate surface area is 185 Å². The number of rotatable bonds is 7. The maximum absolute atomic E-state index is 5.82. The van der Waals surface area contributed by atoms with Gasteiger partial charge in [-0.1, -0.05) is 29.8 Å². The van der Waals surface area contributed by atoms with Gasteiger partial charge in [0, 0.05) is 25.2 Å². The summed E-state index contributed by atoms with van der Waals surface area (Å²) >= 11 is 5.82. The Morgan fingerprint density at radius 2 is 1.81 bits per heavy atom. The number of ether oxygens (including phenoxy) is 1. The van der Waals surface area contributed by atoms with E-state index in [2.05, 4.69) is 55.5 Å². The minimum Gasteiger partial charge on any atom is -0.381 e. The molecule has 7 nitrogen and oxygen atoms in total. The molecule has 2 aromatic carbocycles. The Kier molecular flexibility index (Phi) is 5.44. The topological polar surface area (TPSA) is 76.9 Å². The van der Waals surface area contributed by atoms with Crippen molar-refractivity contribution < 1.29 is 4.74 Å². The first-order valence-corrected chi connectivity index (χ1v) is 10.6. The number of fused-ring (bicyclic) bond motifs is 1. The van der Waals surface area contributed by atoms with Crippen LogP contribution in [0.15, 0.2) is 54.9 Å². The van der Waals surface area contributed by atoms with Gasteiger partial charge in [0.05, 0.1) is 41.7 Å². The van der Waals surface area contributed by atoms with Crippen LogP contribution in [0.25, 0.3) is 11.0 Å². The van der Waals surface area contributed by atoms with E-state index in [1.165, 1.54) is 5.56 Å². The lowest BCUT2D eigenvalue weighted by Gasteiger charge is -2.25. The summed E-state index contributed by atoms with van der Waals surface area (Å²) in [6.07, 6.45) is 4.19. The maximum Gasteiger partial charge on any atom is 0.227 e. The molecule has 0 spiro atoms. The summed E-state index contributed by atoms with van der Waals surface area (Å²) in [4.78, 5) is 13.0. The Bertz CT molecular complexity index is 1190. The molecule has 1 aliphatic rings. The van der Waals surface area contributed by atoms with Crippen LogP contribution in [0, 0.1) is 5.92 Å². The number of nitrogens with zero attached hydrogens (tertiary/aromatic N) is 4. The molecule has 158 valence electrons. The number of hydrogen-bond donors (Lipinski definition) is 2. The first kappa shape index (κ1) is 19.8. The van der Waals surface area contributed by atoms with Gasteiger partial charge in [0.25, 0.3) is 0 Å². The highest BCUT2D eigenvalue weighted by atomic mass is 35.5. The summed E-state index contributed by atoms with van der Waals surface area (Å²) in [5.41, 5.74) is 5.55. The Hall–Kier alpha value is -3.16. The van der Waals surface area contributed by atoms with Crippen LogP contribution in [0.5, 0.6) is 0 Å². The molecule has 31 heavy (non-hydrogen) atoms. The second-order valence-corrected chi connectivity index (χ2v) is 8.26. The van der Waals surface area contributed by atoms with E-state index in [4.69, 9.17) is 21.3 Å². The molecule has 3 heterocycles. The van der Waals surface area contributed by atoms with Crippen molar-refractivity contribution in [2.24, 2.45) is 13.0 Å². The fourth-order valence-electron chi connectivity index (χ4n) is 3.65. The molecule has 0 aliphatic carbocycles. The van der Waals surface area contributed by atoms with Crippen LogP contribution in [-0.2, 0) is 24.8 Å². The molecule has 1 aliphatic heterocycles. The lowest BCUT2D eigenvalue weighted by Crippen LogP contribution is -2.29. The number of aromatic nitrogens is 4. The predicted octanol–water partition coefficient (Wildman–Crippen LogP) is 4.56. The van der Waals surface area contributed by atoms with Crippen LogP contribution >= 0.6 is 11.6 Å². The number of imidazole rings is 1. The first-order valence-electron chi connectivity index (χ1n) is 10.2. The molecule has 0 bridgehead atoms. The van der Waals surface area contributed by atoms with Crippen molar-refractivity contribution in [3.63, 3.8) is 0 Å². The highest BCUT2D eigenvalue weighted by Gasteiger charge is 2.19. The minimum atomic E-state index is 0.512. The quantitative estimate of drug-likeness (QED) is 0.444. The second kappa shape index (κ2) is 8.53. The van der Waals surface area contributed by atoms with E-state index in [1.54, 1.807) is 12.4 Å². The van der Waals surface area contributed by atoms with Crippen LogP contribution < -0.4 is 10.6 Å². The summed E-state index contributed by atoms with van der Waals surface area (Å²) in [5, 5.41) is 7.12. The molecule has 2 aromatic heterocycles. The Morgan fingerprint density at radius 3 is 2.52 bits per heavy atom. The lowest BCUT2D eigenvalue weighted by molar-refractivity contribution is -0.0312. The smallest absolute Gasteiger partial charge is 0.227 e. The van der Waals surface area contributed by atoms with Gasteiger partial charge in [0.15, 0.2) is 0 Å². The van der Waals surface area contributed by atoms with Crippen LogP contribution in [0.2, 0.25) is 5.02 Å². The highest BCUT2D eigenvalue weighted by molar-refractivity contribution is 6.30. The zero-order valence-corrected chi connectivity index (χ0v) is 17.9. The summed E-state index contributed by atoms with van der Waals surface area (Å²) in [5.74, 6) is 2.02. The summed E-state index contributed by atoms with van der Waals surface area (Å²) in [6, 6.07) is 14.6. The van der Waals surface area contributed by atoms with E-state index in [1.807, 2.05) is 19.2 Å². The first-order chi connectivity index (χ1) is 15.1. The van der Waals surface area contributed by atoms with Gasteiger partial charge in [-0.05, 0) is 41.8 Å². The monoisotopic (exact) mass is 434 g/mol. The number of hydrogen-bond acceptors (Lipinski definition) is 6. The molecule has 1 saturated heterocycles. The van der Waals surface area contributed by atoms with Gasteiger partial charge in [-0.2, -0.15) is 0 Å². The Morgan fingerprint density at radius 1 is 1.06 bits per heavy atom. The van der Waals surface area contributed by atoms with E-state index in [9.17, 15) is 0 Å². The molecule has 0 saturated carbocycles. The van der Waals surface area contributed by atoms with Crippen LogP contribution in [0.3, 0.4) is 0 Å². The third kappa shape index (κ3) is 4.47. The van der Waals surface area contributed by atoms with Gasteiger partial charge in [0.1, 0.15) is 0 Å². The van der Waals surface area contributed by atoms with Crippen molar-refractivity contribution in [3.05, 3.63) is 71.0 Å². The molecule has 1 fully saturated rings. The fourth-order valence-corrected chi connectivity index (χ4v) is 3.75. The standard InChI is InChI=1S/C23H23ClN6O/c1-30-21-9-16(8-17-13-31-14-17)4-7-20(21)29-23(30)27-10-15-2-5-19(6-3-15)28-22-25-11-18(24)12-26-22/h2-7,9,11-12,17H,8,10,13-14H2,1H3,(H,27,29)(H,25,26,28). The Balaban J connectivity index is 1.23. The van der Waals surface area contributed by atoms with Gasteiger partial charge >= 0.3 is 0 Å². The van der Waals surface area contributed by atoms with Crippen molar-refractivity contribution in [1.82, 2.24) is 19.5 Å². The molecule has 4 aromatic rings. The molecule has 5 rings (SSSR count). The fraction of sp³-hybridized carbons (Fsp3) is 0.261. The average Bonchev–Trinajstić information content (AvgIpc) is 3.07. The molecule has 0 radical (unpaired) electrons. The van der Waals surface area contributed by atoms with Crippen molar-refractivity contribution in [2.75, 3.05) is 23.8 Å². The molecule has 2 N–H and O–H groups in total. The SMILES string of the molecule is Cn1c(NCc2ccc(Nc3ncc(Cl)cn3)cc2)nc2ccc(CC3COC3)cc21. The zero-order valence-electron chi connectivity index (χ0n) is 17.2. The van der Waals surface area contributed by atoms with Gasteiger partial charge in [0.2, 0.25) is 11.9 Å². The molecular formula is C23H23ClN6O. The van der Waals surface area contributed by atoms with Crippen LogP contribution in [0.4, 0.5) is 17.6 Å². The van der Waals surface area contributed by atoms with Crippen LogP contribution in [-0.4, -0.2) is 32.7 Å². The second-order valence-electron chi connectivity index (χ2n) is 7.83. The van der Waals surface area contributed by atoms with Crippen molar-refractivity contribution in [3.8, 4) is 0 Å². The van der Waals surface area contributed by atoms with Gasteiger partial charge in [-0.15, -0.1) is 0 Å². The molecule has 0 atom stereocenters. The summed E-state index contributed by atoms with van der Waals surface area (Å²) < 4.78 is 7.41. The summed E-state index contributed by atoms with van der Waals surface area (Å²) in [6.45, 7) is 2.43. The lowest BCUT2D eigenvalue weighted by atomic mass is 9.98. The van der Waals surface area contributed by atoms with E-state index in [-0.39, 0.29) is 0 Å².